The highest BCUT2D eigenvalue weighted by molar-refractivity contribution is 6.31. The van der Waals surface area contributed by atoms with Gasteiger partial charge in [-0.25, -0.2) is 0 Å². The van der Waals surface area contributed by atoms with Crippen LogP contribution in [0, 0.1) is 0 Å². The average molecular weight is 357 g/mol. The number of aromatic nitrogens is 6. The minimum atomic E-state index is 0.570. The number of hydrogen-bond donors (Lipinski definition) is 1. The highest BCUT2D eigenvalue weighted by Gasteiger charge is 2.17. The SMILES string of the molecule is Clc1ccc(-n2nnnc2-c2cn[nH]c2-c2cccc(Cl)c2)cc1. The van der Waals surface area contributed by atoms with Gasteiger partial charge < -0.3 is 0 Å². The van der Waals surface area contributed by atoms with Crippen LogP contribution in [0.2, 0.25) is 10.0 Å². The molecule has 0 radical (unpaired) electrons. The maximum Gasteiger partial charge on any atom is 0.190 e. The van der Waals surface area contributed by atoms with Gasteiger partial charge in [-0.05, 0) is 46.8 Å². The van der Waals surface area contributed by atoms with E-state index < -0.39 is 0 Å². The third-order valence-electron chi connectivity index (χ3n) is 3.53. The molecule has 0 aliphatic rings. The van der Waals surface area contributed by atoms with Crippen molar-refractivity contribution in [1.82, 2.24) is 30.4 Å². The summed E-state index contributed by atoms with van der Waals surface area (Å²) in [7, 11) is 0. The summed E-state index contributed by atoms with van der Waals surface area (Å²) in [4.78, 5) is 0. The Morgan fingerprint density at radius 2 is 1.79 bits per heavy atom. The summed E-state index contributed by atoms with van der Waals surface area (Å²) in [6, 6.07) is 14.8. The Morgan fingerprint density at radius 1 is 0.958 bits per heavy atom. The molecular formula is C16H10Cl2N6. The molecule has 2 aromatic carbocycles. The van der Waals surface area contributed by atoms with E-state index in [4.69, 9.17) is 23.2 Å². The number of aromatic amines is 1. The molecule has 1 N–H and O–H groups in total. The third kappa shape index (κ3) is 2.66. The molecule has 6 nitrogen and oxygen atoms in total. The molecule has 0 atom stereocenters. The quantitative estimate of drug-likeness (QED) is 0.601. The zero-order valence-corrected chi connectivity index (χ0v) is 13.7. The highest BCUT2D eigenvalue weighted by atomic mass is 35.5. The first-order valence-electron chi connectivity index (χ1n) is 7.06. The van der Waals surface area contributed by atoms with Gasteiger partial charge in [-0.3, -0.25) is 5.10 Å². The molecule has 118 valence electrons. The lowest BCUT2D eigenvalue weighted by molar-refractivity contribution is 0.791. The second-order valence-corrected chi connectivity index (χ2v) is 5.93. The first kappa shape index (κ1) is 14.9. The van der Waals surface area contributed by atoms with E-state index >= 15 is 0 Å². The molecule has 8 heteroatoms. The van der Waals surface area contributed by atoms with Crippen LogP contribution in [0.15, 0.2) is 54.7 Å². The minimum Gasteiger partial charge on any atom is -0.277 e. The summed E-state index contributed by atoms with van der Waals surface area (Å²) in [6.07, 6.45) is 1.69. The monoisotopic (exact) mass is 356 g/mol. The molecule has 0 fully saturated rings. The fourth-order valence-electron chi connectivity index (χ4n) is 2.43. The van der Waals surface area contributed by atoms with Crippen molar-refractivity contribution >= 4 is 23.2 Å². The van der Waals surface area contributed by atoms with Crippen LogP contribution in [-0.2, 0) is 0 Å². The number of nitrogens with one attached hydrogen (secondary N) is 1. The van der Waals surface area contributed by atoms with E-state index in [9.17, 15) is 0 Å². The number of nitrogens with zero attached hydrogens (tertiary/aromatic N) is 5. The molecule has 4 rings (SSSR count). The number of halogens is 2. The van der Waals surface area contributed by atoms with Crippen LogP contribution >= 0.6 is 23.2 Å². The first-order valence-corrected chi connectivity index (χ1v) is 7.82. The topological polar surface area (TPSA) is 72.3 Å². The van der Waals surface area contributed by atoms with E-state index in [1.165, 1.54) is 0 Å². The van der Waals surface area contributed by atoms with E-state index in [1.807, 2.05) is 36.4 Å². The minimum absolute atomic E-state index is 0.570. The summed E-state index contributed by atoms with van der Waals surface area (Å²) in [6.45, 7) is 0. The fourth-order valence-corrected chi connectivity index (χ4v) is 2.75. The molecule has 0 aliphatic heterocycles. The van der Waals surface area contributed by atoms with Gasteiger partial charge in [-0.2, -0.15) is 9.78 Å². The van der Waals surface area contributed by atoms with Crippen molar-refractivity contribution in [2.75, 3.05) is 0 Å². The van der Waals surface area contributed by atoms with Gasteiger partial charge in [0.2, 0.25) is 0 Å². The standard InChI is InChI=1S/C16H10Cl2N6/c17-11-4-6-13(7-5-11)24-16(21-22-23-24)14-9-19-20-15(14)10-2-1-3-12(18)8-10/h1-9H,(H,19,20). The maximum absolute atomic E-state index is 6.09. The summed E-state index contributed by atoms with van der Waals surface area (Å²) < 4.78 is 1.63. The van der Waals surface area contributed by atoms with Gasteiger partial charge >= 0.3 is 0 Å². The molecular weight excluding hydrogens is 347 g/mol. The van der Waals surface area contributed by atoms with Crippen molar-refractivity contribution < 1.29 is 0 Å². The Bertz CT molecular complexity index is 990. The van der Waals surface area contributed by atoms with Gasteiger partial charge in [0.15, 0.2) is 5.82 Å². The first-order chi connectivity index (χ1) is 11.7. The molecule has 0 aliphatic carbocycles. The second kappa shape index (κ2) is 6.07. The number of hydrogen-bond acceptors (Lipinski definition) is 4. The summed E-state index contributed by atoms with van der Waals surface area (Å²) >= 11 is 12.0. The predicted molar refractivity (Wildman–Crippen MR) is 92.2 cm³/mol. The van der Waals surface area contributed by atoms with E-state index in [-0.39, 0.29) is 0 Å². The van der Waals surface area contributed by atoms with Crippen LogP contribution in [0.1, 0.15) is 0 Å². The van der Waals surface area contributed by atoms with Crippen molar-refractivity contribution in [1.29, 1.82) is 0 Å². The Hall–Kier alpha value is -2.70. The van der Waals surface area contributed by atoms with Crippen molar-refractivity contribution in [2.24, 2.45) is 0 Å². The van der Waals surface area contributed by atoms with Crippen LogP contribution < -0.4 is 0 Å². The van der Waals surface area contributed by atoms with E-state index in [0.29, 0.717) is 15.9 Å². The Balaban J connectivity index is 1.84. The van der Waals surface area contributed by atoms with Crippen molar-refractivity contribution in [3.8, 4) is 28.3 Å². The van der Waals surface area contributed by atoms with Crippen molar-refractivity contribution in [3.05, 3.63) is 64.8 Å². The number of benzene rings is 2. The van der Waals surface area contributed by atoms with E-state index in [2.05, 4.69) is 25.7 Å². The predicted octanol–water partition coefficient (Wildman–Crippen LogP) is 4.03. The Kier molecular flexibility index (Phi) is 3.76. The lowest BCUT2D eigenvalue weighted by atomic mass is 10.1. The van der Waals surface area contributed by atoms with E-state index in [0.717, 1.165) is 22.5 Å². The molecule has 0 saturated carbocycles. The van der Waals surface area contributed by atoms with Crippen molar-refractivity contribution in [2.45, 2.75) is 0 Å². The third-order valence-corrected chi connectivity index (χ3v) is 4.02. The Morgan fingerprint density at radius 3 is 2.58 bits per heavy atom. The highest BCUT2D eigenvalue weighted by Crippen LogP contribution is 2.30. The van der Waals surface area contributed by atoms with Gasteiger partial charge in [0, 0.05) is 15.6 Å². The molecule has 0 amide bonds. The van der Waals surface area contributed by atoms with Crippen molar-refractivity contribution in [3.63, 3.8) is 0 Å². The molecule has 0 saturated heterocycles. The van der Waals surface area contributed by atoms with E-state index in [1.54, 1.807) is 23.0 Å². The molecule has 24 heavy (non-hydrogen) atoms. The van der Waals surface area contributed by atoms with Crippen LogP contribution in [0.4, 0.5) is 0 Å². The molecule has 4 aromatic rings. The Labute approximate surface area is 147 Å². The van der Waals surface area contributed by atoms with Gasteiger partial charge in [0.25, 0.3) is 0 Å². The smallest absolute Gasteiger partial charge is 0.190 e. The van der Waals surface area contributed by atoms with Gasteiger partial charge in [0.05, 0.1) is 23.1 Å². The van der Waals surface area contributed by atoms with Gasteiger partial charge in [-0.1, -0.05) is 35.3 Å². The normalized spacial score (nSPS) is 10.9. The largest absolute Gasteiger partial charge is 0.277 e. The average Bonchev–Trinajstić information content (AvgIpc) is 3.24. The number of tetrazole rings is 1. The lowest BCUT2D eigenvalue weighted by Crippen LogP contribution is -1.99. The molecule has 0 spiro atoms. The maximum atomic E-state index is 6.09. The molecule has 2 heterocycles. The molecule has 2 aromatic heterocycles. The zero-order chi connectivity index (χ0) is 16.5. The van der Waals surface area contributed by atoms with Crippen LogP contribution in [0.5, 0.6) is 0 Å². The van der Waals surface area contributed by atoms with Gasteiger partial charge in [-0.15, -0.1) is 5.10 Å². The summed E-state index contributed by atoms with van der Waals surface area (Å²) in [5, 5.41) is 20.4. The number of rotatable bonds is 3. The fraction of sp³-hybridized carbons (Fsp3) is 0. The van der Waals surface area contributed by atoms with Crippen LogP contribution in [0.25, 0.3) is 28.3 Å². The van der Waals surface area contributed by atoms with Crippen LogP contribution in [-0.4, -0.2) is 30.4 Å². The summed E-state index contributed by atoms with van der Waals surface area (Å²) in [5.41, 5.74) is 3.28. The molecule has 0 unspecified atom stereocenters. The lowest BCUT2D eigenvalue weighted by Gasteiger charge is -2.06. The van der Waals surface area contributed by atoms with Crippen LogP contribution in [0.3, 0.4) is 0 Å². The number of H-pyrrole nitrogens is 1. The van der Waals surface area contributed by atoms with Gasteiger partial charge in [0.1, 0.15) is 0 Å². The zero-order valence-electron chi connectivity index (χ0n) is 12.2. The molecule has 0 bridgehead atoms. The summed E-state index contributed by atoms with van der Waals surface area (Å²) in [5.74, 6) is 0.570. The second-order valence-electron chi connectivity index (χ2n) is 5.06.